The fourth-order valence-electron chi connectivity index (χ4n) is 2.14. The molecule has 7 nitrogen and oxygen atoms in total. The minimum absolute atomic E-state index is 0.0867. The van der Waals surface area contributed by atoms with Gasteiger partial charge in [-0.2, -0.15) is 5.26 Å². The number of imidazole rings is 1. The Kier molecular flexibility index (Phi) is 4.77. The fourth-order valence-corrected chi connectivity index (χ4v) is 2.50. The summed E-state index contributed by atoms with van der Waals surface area (Å²) in [5.41, 5.74) is 1.53. The number of H-pyrrole nitrogens is 1. The third-order valence-electron chi connectivity index (χ3n) is 3.31. The molecule has 2 aromatic heterocycles. The molecule has 0 spiro atoms. The number of halogens is 1. The number of allylic oxidation sites excluding steroid dienone is 1. The molecule has 0 unspecified atom stereocenters. The van der Waals surface area contributed by atoms with Crippen LogP contribution in [0.5, 0.6) is 0 Å². The molecule has 2 heterocycles. The molecule has 1 aromatic carbocycles. The summed E-state index contributed by atoms with van der Waals surface area (Å²) in [7, 11) is 0. The van der Waals surface area contributed by atoms with Gasteiger partial charge in [0.15, 0.2) is 11.6 Å². The zero-order chi connectivity index (χ0) is 17.8. The smallest absolute Gasteiger partial charge is 0.340 e. The number of para-hydroxylation sites is 2. The number of nitriles is 1. The second kappa shape index (κ2) is 7.15. The number of carbonyl (C=O) groups is 1. The Morgan fingerprint density at radius 3 is 2.88 bits per heavy atom. The van der Waals surface area contributed by atoms with Crippen LogP contribution in [0.4, 0.5) is 0 Å². The van der Waals surface area contributed by atoms with E-state index in [0.717, 1.165) is 5.52 Å². The van der Waals surface area contributed by atoms with Gasteiger partial charge in [0.25, 0.3) is 0 Å². The summed E-state index contributed by atoms with van der Waals surface area (Å²) >= 11 is 3.21. The van der Waals surface area contributed by atoms with Crippen LogP contribution in [-0.4, -0.2) is 32.6 Å². The first-order valence-electron chi connectivity index (χ1n) is 7.13. The van der Waals surface area contributed by atoms with E-state index in [4.69, 9.17) is 4.74 Å². The number of hydrogen-bond acceptors (Lipinski definition) is 6. The minimum atomic E-state index is -0.665. The second-order valence-corrected chi connectivity index (χ2v) is 5.92. The number of benzene rings is 1. The highest BCUT2D eigenvalue weighted by atomic mass is 79.9. The van der Waals surface area contributed by atoms with Gasteiger partial charge in [0.2, 0.25) is 0 Å². The molecule has 0 fully saturated rings. The van der Waals surface area contributed by atoms with Crippen LogP contribution < -0.4 is 0 Å². The number of rotatable bonds is 4. The van der Waals surface area contributed by atoms with Crippen LogP contribution in [0.3, 0.4) is 0 Å². The van der Waals surface area contributed by atoms with Gasteiger partial charge < -0.3 is 14.8 Å². The Labute approximate surface area is 150 Å². The topological polar surface area (TPSA) is 112 Å². The largest absolute Gasteiger partial charge is 0.507 e. The summed E-state index contributed by atoms with van der Waals surface area (Å²) in [6.45, 7) is -0.453. The SMILES string of the molecule is N#C/C(=C(/O)COC(=O)c1cncc(Br)c1)c1nc2ccccc2[nH]1. The van der Waals surface area contributed by atoms with Crippen molar-refractivity contribution < 1.29 is 14.6 Å². The van der Waals surface area contributed by atoms with Crippen molar-refractivity contribution in [1.29, 1.82) is 5.26 Å². The molecule has 3 rings (SSSR count). The zero-order valence-corrected chi connectivity index (χ0v) is 14.3. The van der Waals surface area contributed by atoms with Crippen LogP contribution in [0, 0.1) is 11.3 Å². The van der Waals surface area contributed by atoms with Crippen molar-refractivity contribution >= 4 is 38.5 Å². The number of esters is 1. The molecule has 3 aromatic rings. The molecule has 0 bridgehead atoms. The highest BCUT2D eigenvalue weighted by Gasteiger charge is 2.15. The highest BCUT2D eigenvalue weighted by Crippen LogP contribution is 2.19. The average Bonchev–Trinajstić information content (AvgIpc) is 3.03. The first-order chi connectivity index (χ1) is 12.1. The molecule has 0 saturated heterocycles. The third kappa shape index (κ3) is 3.67. The number of aromatic nitrogens is 3. The van der Waals surface area contributed by atoms with Gasteiger partial charge in [-0.25, -0.2) is 9.78 Å². The Bertz CT molecular complexity index is 987. The monoisotopic (exact) mass is 398 g/mol. The number of aliphatic hydroxyl groups excluding tert-OH is 1. The first-order valence-corrected chi connectivity index (χ1v) is 7.93. The van der Waals surface area contributed by atoms with Crippen molar-refractivity contribution in [1.82, 2.24) is 15.0 Å². The average molecular weight is 399 g/mol. The minimum Gasteiger partial charge on any atom is -0.507 e. The normalized spacial score (nSPS) is 11.7. The van der Waals surface area contributed by atoms with Gasteiger partial charge in [-0.3, -0.25) is 4.98 Å². The van der Waals surface area contributed by atoms with Crippen molar-refractivity contribution in [2.75, 3.05) is 6.61 Å². The molecular formula is C17H11BrN4O3. The molecule has 0 amide bonds. The Hall–Kier alpha value is -3.18. The lowest BCUT2D eigenvalue weighted by molar-refractivity contribution is 0.0502. The van der Waals surface area contributed by atoms with Gasteiger partial charge in [-0.1, -0.05) is 12.1 Å². The van der Waals surface area contributed by atoms with Crippen LogP contribution >= 0.6 is 15.9 Å². The third-order valence-corrected chi connectivity index (χ3v) is 3.74. The predicted molar refractivity (Wildman–Crippen MR) is 93.5 cm³/mol. The molecule has 0 aliphatic carbocycles. The number of carbonyl (C=O) groups excluding carboxylic acids is 1. The number of nitrogens with zero attached hydrogens (tertiary/aromatic N) is 3. The molecule has 2 N–H and O–H groups in total. The summed E-state index contributed by atoms with van der Waals surface area (Å²) in [4.78, 5) is 23.0. The van der Waals surface area contributed by atoms with Gasteiger partial charge in [0.1, 0.15) is 18.2 Å². The maximum absolute atomic E-state index is 12.0. The summed E-state index contributed by atoms with van der Waals surface area (Å²) in [5.74, 6) is -0.846. The molecule has 25 heavy (non-hydrogen) atoms. The maximum Gasteiger partial charge on any atom is 0.340 e. The molecule has 8 heteroatoms. The van der Waals surface area contributed by atoms with Gasteiger partial charge >= 0.3 is 5.97 Å². The van der Waals surface area contributed by atoms with E-state index in [0.29, 0.717) is 9.99 Å². The number of pyridine rings is 1. The second-order valence-electron chi connectivity index (χ2n) is 5.00. The van der Waals surface area contributed by atoms with E-state index in [2.05, 4.69) is 30.9 Å². The van der Waals surface area contributed by atoms with E-state index in [1.165, 1.54) is 12.4 Å². The van der Waals surface area contributed by atoms with Crippen LogP contribution in [0.2, 0.25) is 0 Å². The maximum atomic E-state index is 12.0. The molecule has 0 atom stereocenters. The fraction of sp³-hybridized carbons (Fsp3) is 0.0588. The Morgan fingerprint density at radius 2 is 2.16 bits per heavy atom. The molecule has 0 saturated carbocycles. The molecule has 124 valence electrons. The lowest BCUT2D eigenvalue weighted by Crippen LogP contribution is -2.09. The zero-order valence-electron chi connectivity index (χ0n) is 12.7. The predicted octanol–water partition coefficient (Wildman–Crippen LogP) is 3.37. The number of nitrogens with one attached hydrogen (secondary N) is 1. The Morgan fingerprint density at radius 1 is 1.36 bits per heavy atom. The first kappa shape index (κ1) is 16.7. The number of ether oxygens (including phenoxy) is 1. The number of hydrogen-bond donors (Lipinski definition) is 2. The van der Waals surface area contributed by atoms with Gasteiger partial charge in [-0.15, -0.1) is 0 Å². The van der Waals surface area contributed by atoms with E-state index in [-0.39, 0.29) is 17.0 Å². The molecule has 0 aliphatic heterocycles. The lowest BCUT2D eigenvalue weighted by Gasteiger charge is -2.05. The van der Waals surface area contributed by atoms with E-state index in [1.54, 1.807) is 18.2 Å². The number of aromatic amines is 1. The van der Waals surface area contributed by atoms with E-state index in [1.807, 2.05) is 18.2 Å². The van der Waals surface area contributed by atoms with E-state index < -0.39 is 18.3 Å². The van der Waals surface area contributed by atoms with Gasteiger partial charge in [0.05, 0.1) is 16.6 Å². The molecule has 0 aliphatic rings. The summed E-state index contributed by atoms with van der Waals surface area (Å²) in [5, 5.41) is 19.4. The van der Waals surface area contributed by atoms with Gasteiger partial charge in [0, 0.05) is 16.9 Å². The highest BCUT2D eigenvalue weighted by molar-refractivity contribution is 9.10. The number of aliphatic hydroxyl groups is 1. The van der Waals surface area contributed by atoms with Gasteiger partial charge in [-0.05, 0) is 34.1 Å². The quantitative estimate of drug-likeness (QED) is 0.395. The van der Waals surface area contributed by atoms with E-state index in [9.17, 15) is 15.2 Å². The number of fused-ring (bicyclic) bond motifs is 1. The lowest BCUT2D eigenvalue weighted by atomic mass is 10.2. The van der Waals surface area contributed by atoms with Crippen LogP contribution in [0.25, 0.3) is 16.6 Å². The van der Waals surface area contributed by atoms with Crippen LogP contribution in [0.15, 0.2) is 53.0 Å². The standard InChI is InChI=1S/C17H11BrN4O3/c18-11-5-10(7-20-8-11)17(24)25-9-15(23)12(6-19)16-21-13-3-1-2-4-14(13)22-16/h1-5,7-8,23H,9H2,(H,21,22)/b15-12-. The summed E-state index contributed by atoms with van der Waals surface area (Å²) in [6, 6.07) is 10.6. The van der Waals surface area contributed by atoms with Crippen molar-refractivity contribution in [2.45, 2.75) is 0 Å². The van der Waals surface area contributed by atoms with Crippen LogP contribution in [0.1, 0.15) is 16.2 Å². The Balaban J connectivity index is 1.80. The summed E-state index contributed by atoms with van der Waals surface area (Å²) < 4.78 is 5.65. The molecular weight excluding hydrogens is 388 g/mol. The van der Waals surface area contributed by atoms with Crippen molar-refractivity contribution in [3.63, 3.8) is 0 Å². The van der Waals surface area contributed by atoms with E-state index >= 15 is 0 Å². The van der Waals surface area contributed by atoms with Crippen molar-refractivity contribution in [2.24, 2.45) is 0 Å². The summed E-state index contributed by atoms with van der Waals surface area (Å²) in [6.07, 6.45) is 2.88. The van der Waals surface area contributed by atoms with Crippen LogP contribution in [-0.2, 0) is 4.74 Å². The van der Waals surface area contributed by atoms with Crippen molar-refractivity contribution in [3.05, 3.63) is 64.3 Å². The molecule has 0 radical (unpaired) electrons. The van der Waals surface area contributed by atoms with Crippen molar-refractivity contribution in [3.8, 4) is 6.07 Å².